The van der Waals surface area contributed by atoms with Crippen LogP contribution in [-0.2, 0) is 0 Å². The van der Waals surface area contributed by atoms with E-state index in [-0.39, 0.29) is 0 Å². The van der Waals surface area contributed by atoms with Gasteiger partial charge in [-0.15, -0.1) is 0 Å². The van der Waals surface area contributed by atoms with Gasteiger partial charge in [-0.25, -0.2) is 8.78 Å². The molecule has 0 spiro atoms. The molecule has 0 aliphatic heterocycles. The number of anilines is 1. The minimum Gasteiger partial charge on any atom is -0.503 e. The molecule has 0 radical (unpaired) electrons. The second-order valence-electron chi connectivity index (χ2n) is 1.83. The summed E-state index contributed by atoms with van der Waals surface area (Å²) in [5.74, 6) is -4.03. The minimum atomic E-state index is -1.41. The molecule has 0 atom stereocenters. The van der Waals surface area contributed by atoms with Crippen molar-refractivity contribution in [2.75, 3.05) is 5.73 Å². The second kappa shape index (κ2) is 2.54. The van der Waals surface area contributed by atoms with Gasteiger partial charge in [-0.1, -0.05) is 11.6 Å². The van der Waals surface area contributed by atoms with Gasteiger partial charge in [-0.3, -0.25) is 0 Å². The highest BCUT2D eigenvalue weighted by molar-refractivity contribution is 6.33. The lowest BCUT2D eigenvalue weighted by atomic mass is 10.3. The molecule has 0 aliphatic carbocycles. The average molecular weight is 181 g/mol. The molecule has 0 aromatic heterocycles. The number of aromatic hydroxyl groups is 1. The summed E-state index contributed by atoms with van der Waals surface area (Å²) in [5, 5.41) is 8.04. The van der Waals surface area contributed by atoms with Crippen LogP contribution in [0.5, 0.6) is 5.75 Å². The molecule has 0 heterocycles. The summed E-state index contributed by atoms with van der Waals surface area (Å²) in [6.45, 7) is 0. The van der Waals surface area contributed by atoms with Crippen LogP contribution in [0.15, 0.2) is 6.04 Å². The SMILES string of the molecule is [2H]c1c(N)c(Cl)c(F)c(O)c1F. The molecule has 0 aliphatic rings. The Morgan fingerprint density at radius 3 is 2.73 bits per heavy atom. The van der Waals surface area contributed by atoms with Crippen LogP contribution in [0.2, 0.25) is 5.02 Å². The fourth-order valence-corrected chi connectivity index (χ4v) is 0.688. The van der Waals surface area contributed by atoms with Crippen LogP contribution in [0.4, 0.5) is 14.5 Å². The van der Waals surface area contributed by atoms with Gasteiger partial charge in [0.2, 0.25) is 0 Å². The first-order chi connectivity index (χ1) is 5.46. The van der Waals surface area contributed by atoms with E-state index >= 15 is 0 Å². The maximum absolute atomic E-state index is 12.6. The predicted molar refractivity (Wildman–Crippen MR) is 37.4 cm³/mol. The maximum atomic E-state index is 12.6. The Morgan fingerprint density at radius 2 is 2.18 bits per heavy atom. The molecule has 1 aromatic carbocycles. The summed E-state index contributed by atoms with van der Waals surface area (Å²) in [5.41, 5.74) is 4.52. The number of benzene rings is 1. The van der Waals surface area contributed by atoms with Crippen LogP contribution < -0.4 is 5.73 Å². The predicted octanol–water partition coefficient (Wildman–Crippen LogP) is 1.91. The molecule has 0 saturated heterocycles. The van der Waals surface area contributed by atoms with Crippen LogP contribution in [-0.4, -0.2) is 5.11 Å². The Bertz CT molecular complexity index is 240. The summed E-state index contributed by atoms with van der Waals surface area (Å²) in [6, 6.07) is -0.807. The van der Waals surface area contributed by atoms with Crippen molar-refractivity contribution in [2.45, 2.75) is 0 Å². The Hall–Kier alpha value is -1.03. The first-order valence-corrected chi connectivity index (χ1v) is 2.96. The topological polar surface area (TPSA) is 46.2 Å². The number of phenols is 1. The molecule has 60 valence electrons. The monoisotopic (exact) mass is 180 g/mol. The second-order valence-corrected chi connectivity index (χ2v) is 2.21. The van der Waals surface area contributed by atoms with Crippen LogP contribution >= 0.6 is 11.6 Å². The molecule has 0 fully saturated rings. The molecule has 1 aromatic rings. The molecule has 0 amide bonds. The molecular weight excluding hydrogens is 176 g/mol. The van der Waals surface area contributed by atoms with Gasteiger partial charge in [0.1, 0.15) is 5.02 Å². The normalized spacial score (nSPS) is 11.4. The van der Waals surface area contributed by atoms with Gasteiger partial charge in [-0.2, -0.15) is 0 Å². The lowest BCUT2D eigenvalue weighted by molar-refractivity contribution is 0.397. The molecule has 0 bridgehead atoms. The van der Waals surface area contributed by atoms with E-state index in [0.717, 1.165) is 0 Å². The molecule has 11 heavy (non-hydrogen) atoms. The first kappa shape index (κ1) is 6.67. The Morgan fingerprint density at radius 1 is 1.64 bits per heavy atom. The Kier molecular flexibility index (Phi) is 1.54. The largest absolute Gasteiger partial charge is 0.503 e. The van der Waals surface area contributed by atoms with Crippen LogP contribution in [0.3, 0.4) is 0 Å². The lowest BCUT2D eigenvalue weighted by Gasteiger charge is -2.01. The van der Waals surface area contributed by atoms with E-state index in [4.69, 9.17) is 23.8 Å². The average Bonchev–Trinajstić information content (AvgIpc) is 2.08. The van der Waals surface area contributed by atoms with Crippen molar-refractivity contribution in [2.24, 2.45) is 0 Å². The van der Waals surface area contributed by atoms with Crippen molar-refractivity contribution in [3.05, 3.63) is 22.7 Å². The van der Waals surface area contributed by atoms with E-state index in [2.05, 4.69) is 0 Å². The summed E-state index contributed by atoms with van der Waals surface area (Å²) in [6.07, 6.45) is 0. The van der Waals surface area contributed by atoms with Crippen LogP contribution in [0.25, 0.3) is 0 Å². The number of nitrogens with two attached hydrogens (primary N) is 1. The first-order valence-electron chi connectivity index (χ1n) is 3.08. The zero-order chi connectivity index (χ0) is 9.46. The molecule has 5 heteroatoms. The zero-order valence-electron chi connectivity index (χ0n) is 6.16. The van der Waals surface area contributed by atoms with Crippen molar-refractivity contribution >= 4 is 17.3 Å². The Labute approximate surface area is 67.6 Å². The lowest BCUT2D eigenvalue weighted by Crippen LogP contribution is -1.92. The van der Waals surface area contributed by atoms with Crippen molar-refractivity contribution < 1.29 is 15.3 Å². The number of hydrogen-bond donors (Lipinski definition) is 2. The van der Waals surface area contributed by atoms with Gasteiger partial charge in [0.05, 0.1) is 7.06 Å². The van der Waals surface area contributed by atoms with Gasteiger partial charge >= 0.3 is 0 Å². The quantitative estimate of drug-likeness (QED) is 0.364. The highest BCUT2D eigenvalue weighted by Gasteiger charge is 2.14. The van der Waals surface area contributed by atoms with E-state index in [1.807, 2.05) is 0 Å². The van der Waals surface area contributed by atoms with Crippen molar-refractivity contribution in [1.29, 1.82) is 0 Å². The summed E-state index contributed by atoms with van der Waals surface area (Å²) >= 11 is 5.21. The number of nitrogen functional groups attached to an aromatic ring is 1. The smallest absolute Gasteiger partial charge is 0.189 e. The fourth-order valence-electron chi connectivity index (χ4n) is 0.551. The van der Waals surface area contributed by atoms with Crippen molar-refractivity contribution in [1.82, 2.24) is 0 Å². The summed E-state index contributed by atoms with van der Waals surface area (Å²) in [7, 11) is 0. The van der Waals surface area contributed by atoms with Crippen LogP contribution in [0.1, 0.15) is 1.37 Å². The minimum absolute atomic E-state index is 0.524. The molecule has 1 rings (SSSR count). The third-order valence-corrected chi connectivity index (χ3v) is 1.46. The van der Waals surface area contributed by atoms with Gasteiger partial charge < -0.3 is 10.8 Å². The molecule has 2 nitrogen and oxygen atoms in total. The zero-order valence-corrected chi connectivity index (χ0v) is 5.91. The van der Waals surface area contributed by atoms with Gasteiger partial charge in [0.25, 0.3) is 0 Å². The molecule has 3 N–H and O–H groups in total. The van der Waals surface area contributed by atoms with Gasteiger partial charge in [0.15, 0.2) is 17.4 Å². The standard InChI is InChI=1S/C6H4ClF2NO/c7-4-3(10)1-2(8)6(11)5(4)9/h1,11H,10H2/i1D. The van der Waals surface area contributed by atoms with E-state index in [1.54, 1.807) is 0 Å². The maximum Gasteiger partial charge on any atom is 0.189 e. The summed E-state index contributed by atoms with van der Waals surface area (Å²) in [4.78, 5) is 0. The molecular formula is C6H4ClF2NO. The van der Waals surface area contributed by atoms with Gasteiger partial charge in [0, 0.05) is 6.04 Å². The highest BCUT2D eigenvalue weighted by atomic mass is 35.5. The number of halogens is 3. The fraction of sp³-hybridized carbons (Fsp3) is 0. The van der Waals surface area contributed by atoms with E-state index in [1.165, 1.54) is 0 Å². The molecule has 0 unspecified atom stereocenters. The highest BCUT2D eigenvalue weighted by Crippen LogP contribution is 2.31. The molecule has 0 saturated carbocycles. The number of hydrogen-bond acceptors (Lipinski definition) is 2. The van der Waals surface area contributed by atoms with E-state index in [0.29, 0.717) is 0 Å². The Balaban J connectivity index is 3.60. The van der Waals surface area contributed by atoms with E-state index in [9.17, 15) is 8.78 Å². The van der Waals surface area contributed by atoms with E-state index < -0.39 is 34.1 Å². The van der Waals surface area contributed by atoms with Crippen molar-refractivity contribution in [3.63, 3.8) is 0 Å². The number of phenolic OH excluding ortho intramolecular Hbond substituents is 1. The number of rotatable bonds is 0. The van der Waals surface area contributed by atoms with Gasteiger partial charge in [-0.05, 0) is 0 Å². The third kappa shape index (κ3) is 1.21. The van der Waals surface area contributed by atoms with Crippen molar-refractivity contribution in [3.8, 4) is 5.75 Å². The summed E-state index contributed by atoms with van der Waals surface area (Å²) < 4.78 is 32.2. The third-order valence-electron chi connectivity index (χ3n) is 1.09. The van der Waals surface area contributed by atoms with Crippen LogP contribution in [0, 0.1) is 11.6 Å².